The van der Waals surface area contributed by atoms with Crippen LogP contribution < -0.4 is 5.32 Å². The number of nitrogens with zero attached hydrogens (tertiary/aromatic N) is 2. The second kappa shape index (κ2) is 8.61. The van der Waals surface area contributed by atoms with E-state index in [1.54, 1.807) is 12.3 Å². The highest BCUT2D eigenvalue weighted by molar-refractivity contribution is 5.91. The number of amides is 1. The van der Waals surface area contributed by atoms with Crippen LogP contribution in [0.1, 0.15) is 34.4 Å². The third kappa shape index (κ3) is 4.46. The first kappa shape index (κ1) is 18.7. The van der Waals surface area contributed by atoms with Gasteiger partial charge in [-0.2, -0.15) is 5.10 Å². The summed E-state index contributed by atoms with van der Waals surface area (Å²) in [6, 6.07) is 22.0. The number of aryl methyl sites for hydroxylation is 1. The Balaban J connectivity index is 1.47. The van der Waals surface area contributed by atoms with E-state index in [9.17, 15) is 4.79 Å². The number of aromatic nitrogens is 2. The van der Waals surface area contributed by atoms with Gasteiger partial charge in [-0.3, -0.25) is 9.48 Å². The number of carbonyl (C=O) groups is 1. The molecule has 0 saturated carbocycles. The van der Waals surface area contributed by atoms with E-state index in [4.69, 9.17) is 4.42 Å². The Morgan fingerprint density at radius 3 is 2.59 bits per heavy atom. The van der Waals surface area contributed by atoms with Crippen LogP contribution in [0.5, 0.6) is 0 Å². The molecule has 0 aliphatic rings. The zero-order valence-electron chi connectivity index (χ0n) is 16.3. The maximum atomic E-state index is 12.4. The molecule has 2 aromatic carbocycles. The van der Waals surface area contributed by atoms with E-state index in [1.807, 2.05) is 48.1 Å². The van der Waals surface area contributed by atoms with Gasteiger partial charge in [0.25, 0.3) is 5.91 Å². The first-order chi connectivity index (χ1) is 14.2. The van der Waals surface area contributed by atoms with Gasteiger partial charge in [0.2, 0.25) is 0 Å². The molecule has 5 nitrogen and oxygen atoms in total. The maximum Gasteiger partial charge on any atom is 0.287 e. The van der Waals surface area contributed by atoms with Crippen molar-refractivity contribution in [3.05, 3.63) is 102 Å². The number of benzene rings is 2. The Morgan fingerprint density at radius 1 is 1.03 bits per heavy atom. The van der Waals surface area contributed by atoms with Crippen LogP contribution in [0.3, 0.4) is 0 Å². The summed E-state index contributed by atoms with van der Waals surface area (Å²) < 4.78 is 7.43. The fourth-order valence-electron chi connectivity index (χ4n) is 3.28. The smallest absolute Gasteiger partial charge is 0.287 e. The van der Waals surface area contributed by atoms with Crippen molar-refractivity contribution in [1.29, 1.82) is 0 Å². The molecular formula is C24H23N3O2. The van der Waals surface area contributed by atoms with E-state index in [1.165, 1.54) is 5.56 Å². The van der Waals surface area contributed by atoms with E-state index in [0.29, 0.717) is 12.3 Å². The fourth-order valence-corrected chi connectivity index (χ4v) is 3.28. The third-order valence-electron chi connectivity index (χ3n) is 4.86. The average Bonchev–Trinajstić information content (AvgIpc) is 3.45. The van der Waals surface area contributed by atoms with Crippen LogP contribution in [0.4, 0.5) is 0 Å². The molecule has 29 heavy (non-hydrogen) atoms. The molecule has 0 bridgehead atoms. The zero-order valence-corrected chi connectivity index (χ0v) is 16.3. The third-order valence-corrected chi connectivity index (χ3v) is 4.86. The van der Waals surface area contributed by atoms with Gasteiger partial charge < -0.3 is 9.73 Å². The Morgan fingerprint density at radius 2 is 1.86 bits per heavy atom. The normalized spacial score (nSPS) is 10.8. The second-order valence-corrected chi connectivity index (χ2v) is 6.86. The van der Waals surface area contributed by atoms with Gasteiger partial charge in [0.05, 0.1) is 6.54 Å². The minimum atomic E-state index is -0.200. The second-order valence-electron chi connectivity index (χ2n) is 6.86. The van der Waals surface area contributed by atoms with E-state index in [-0.39, 0.29) is 5.91 Å². The number of rotatable bonds is 7. The van der Waals surface area contributed by atoms with Crippen LogP contribution in [0, 0.1) is 0 Å². The molecule has 0 spiro atoms. The SMILES string of the molecule is CCc1ccc(C(=O)NCc2ccccc2-c2ccc(Cn3cccn3)cc2)o1. The average molecular weight is 385 g/mol. The molecule has 146 valence electrons. The molecule has 4 rings (SSSR count). The number of hydrogen-bond acceptors (Lipinski definition) is 3. The molecule has 0 aliphatic carbocycles. The fraction of sp³-hybridized carbons (Fsp3) is 0.167. The molecule has 0 unspecified atom stereocenters. The molecule has 1 amide bonds. The lowest BCUT2D eigenvalue weighted by atomic mass is 9.98. The summed E-state index contributed by atoms with van der Waals surface area (Å²) in [6.07, 6.45) is 4.51. The Labute approximate surface area is 170 Å². The summed E-state index contributed by atoms with van der Waals surface area (Å²) in [6.45, 7) is 3.18. The highest BCUT2D eigenvalue weighted by Crippen LogP contribution is 2.24. The van der Waals surface area contributed by atoms with Crippen molar-refractivity contribution in [1.82, 2.24) is 15.1 Å². The van der Waals surface area contributed by atoms with Crippen molar-refractivity contribution in [2.24, 2.45) is 0 Å². The molecule has 2 aromatic heterocycles. The molecule has 0 aliphatic heterocycles. The first-order valence-corrected chi connectivity index (χ1v) is 9.74. The lowest BCUT2D eigenvalue weighted by Crippen LogP contribution is -2.22. The highest BCUT2D eigenvalue weighted by Gasteiger charge is 2.12. The monoisotopic (exact) mass is 385 g/mol. The maximum absolute atomic E-state index is 12.4. The summed E-state index contributed by atoms with van der Waals surface area (Å²) in [7, 11) is 0. The van der Waals surface area contributed by atoms with Gasteiger partial charge in [0.1, 0.15) is 5.76 Å². The van der Waals surface area contributed by atoms with Crippen molar-refractivity contribution < 1.29 is 9.21 Å². The van der Waals surface area contributed by atoms with Crippen molar-refractivity contribution in [3.8, 4) is 11.1 Å². The number of hydrogen-bond donors (Lipinski definition) is 1. The minimum Gasteiger partial charge on any atom is -0.456 e. The van der Waals surface area contributed by atoms with E-state index in [0.717, 1.165) is 35.4 Å². The standard InChI is InChI=1S/C24H23N3O2/c1-2-21-12-13-23(29-21)24(28)25-16-20-6-3-4-7-22(20)19-10-8-18(9-11-19)17-27-15-5-14-26-27/h3-15H,2,16-17H2,1H3,(H,25,28). The molecule has 1 N–H and O–H groups in total. The molecule has 4 aromatic rings. The highest BCUT2D eigenvalue weighted by atomic mass is 16.3. The molecule has 0 radical (unpaired) electrons. The minimum absolute atomic E-state index is 0.200. The number of nitrogens with one attached hydrogen (secondary N) is 1. The van der Waals surface area contributed by atoms with E-state index < -0.39 is 0 Å². The summed E-state index contributed by atoms with van der Waals surface area (Å²) in [5, 5.41) is 7.21. The number of carbonyl (C=O) groups excluding carboxylic acids is 1. The largest absolute Gasteiger partial charge is 0.456 e. The molecule has 0 fully saturated rings. The zero-order chi connectivity index (χ0) is 20.1. The van der Waals surface area contributed by atoms with Gasteiger partial charge in [-0.15, -0.1) is 0 Å². The van der Waals surface area contributed by atoms with Gasteiger partial charge in [-0.1, -0.05) is 55.5 Å². The predicted molar refractivity (Wildman–Crippen MR) is 112 cm³/mol. The van der Waals surface area contributed by atoms with Crippen LogP contribution in [0.2, 0.25) is 0 Å². The van der Waals surface area contributed by atoms with Gasteiger partial charge in [0, 0.05) is 25.4 Å². The summed E-state index contributed by atoms with van der Waals surface area (Å²) >= 11 is 0. The summed E-state index contributed by atoms with van der Waals surface area (Å²) in [5.41, 5.74) is 4.47. The lowest BCUT2D eigenvalue weighted by Gasteiger charge is -2.11. The van der Waals surface area contributed by atoms with Crippen LogP contribution in [0.25, 0.3) is 11.1 Å². The lowest BCUT2D eigenvalue weighted by molar-refractivity contribution is 0.0921. The quantitative estimate of drug-likeness (QED) is 0.502. The van der Waals surface area contributed by atoms with Gasteiger partial charge in [0.15, 0.2) is 5.76 Å². The van der Waals surface area contributed by atoms with Crippen molar-refractivity contribution >= 4 is 5.91 Å². The van der Waals surface area contributed by atoms with Crippen LogP contribution in [-0.2, 0) is 19.5 Å². The molecular weight excluding hydrogens is 362 g/mol. The van der Waals surface area contributed by atoms with E-state index in [2.05, 4.69) is 40.7 Å². The Kier molecular flexibility index (Phi) is 5.56. The molecule has 0 saturated heterocycles. The summed E-state index contributed by atoms with van der Waals surface area (Å²) in [4.78, 5) is 12.4. The first-order valence-electron chi connectivity index (χ1n) is 9.74. The molecule has 0 atom stereocenters. The Hall–Kier alpha value is -3.60. The molecule has 5 heteroatoms. The molecule has 2 heterocycles. The van der Waals surface area contributed by atoms with Crippen molar-refractivity contribution in [3.63, 3.8) is 0 Å². The van der Waals surface area contributed by atoms with Crippen LogP contribution >= 0.6 is 0 Å². The van der Waals surface area contributed by atoms with Crippen LogP contribution in [-0.4, -0.2) is 15.7 Å². The summed E-state index contributed by atoms with van der Waals surface area (Å²) in [5.74, 6) is 0.960. The van der Waals surface area contributed by atoms with Gasteiger partial charge in [-0.05, 0) is 40.5 Å². The van der Waals surface area contributed by atoms with E-state index >= 15 is 0 Å². The Bertz CT molecular complexity index is 1080. The van der Waals surface area contributed by atoms with Crippen molar-refractivity contribution in [2.75, 3.05) is 0 Å². The van der Waals surface area contributed by atoms with Crippen molar-refractivity contribution in [2.45, 2.75) is 26.4 Å². The van der Waals surface area contributed by atoms with Gasteiger partial charge >= 0.3 is 0 Å². The predicted octanol–water partition coefficient (Wildman–Crippen LogP) is 4.68. The van der Waals surface area contributed by atoms with Crippen LogP contribution in [0.15, 0.2) is 83.5 Å². The number of furan rings is 1. The van der Waals surface area contributed by atoms with Gasteiger partial charge in [-0.25, -0.2) is 0 Å². The topological polar surface area (TPSA) is 60.1 Å².